The molecule has 4 atom stereocenters. The van der Waals surface area contributed by atoms with Gasteiger partial charge in [0.05, 0.1) is 19.3 Å². The van der Waals surface area contributed by atoms with Gasteiger partial charge in [0.25, 0.3) is 5.91 Å². The van der Waals surface area contributed by atoms with Crippen LogP contribution in [-0.2, 0) is 25.5 Å². The Morgan fingerprint density at radius 2 is 1.82 bits per heavy atom. The lowest BCUT2D eigenvalue weighted by atomic mass is 9.98. The van der Waals surface area contributed by atoms with Crippen molar-refractivity contribution in [1.82, 2.24) is 16.0 Å². The van der Waals surface area contributed by atoms with E-state index in [1.807, 2.05) is 44.2 Å². The lowest BCUT2D eigenvalue weighted by molar-refractivity contribution is -0.132. The molecule has 1 aromatic rings. The number of hydrogen-bond donors (Lipinski definition) is 4. The van der Waals surface area contributed by atoms with E-state index in [2.05, 4.69) is 16.0 Å². The summed E-state index contributed by atoms with van der Waals surface area (Å²) in [5.74, 6) is -0.859. The highest BCUT2D eigenvalue weighted by Crippen LogP contribution is 2.19. The topological polar surface area (TPSA) is 126 Å². The van der Waals surface area contributed by atoms with Crippen LogP contribution in [0.1, 0.15) is 45.1 Å². The summed E-state index contributed by atoms with van der Waals surface area (Å²) in [6, 6.07) is 7.70. The minimum atomic E-state index is -1.42. The van der Waals surface area contributed by atoms with Crippen molar-refractivity contribution in [1.29, 1.82) is 0 Å². The highest BCUT2D eigenvalue weighted by atomic mass is 16.6. The van der Waals surface area contributed by atoms with Gasteiger partial charge in [0, 0.05) is 12.5 Å². The molecule has 0 spiro atoms. The number of benzene rings is 1. The fourth-order valence-electron chi connectivity index (χ4n) is 3.73. The lowest BCUT2D eigenvalue weighted by Crippen LogP contribution is -2.56. The second-order valence-electron chi connectivity index (χ2n) is 9.25. The van der Waals surface area contributed by atoms with Crippen molar-refractivity contribution in [3.05, 3.63) is 35.9 Å². The van der Waals surface area contributed by atoms with Gasteiger partial charge in [0.15, 0.2) is 6.10 Å². The van der Waals surface area contributed by atoms with E-state index in [1.54, 1.807) is 0 Å². The molecular formula is C24H35N3O6. The normalized spacial score (nSPS) is 20.5. The summed E-state index contributed by atoms with van der Waals surface area (Å²) in [6.45, 7) is 4.76. The van der Waals surface area contributed by atoms with E-state index in [-0.39, 0.29) is 24.5 Å². The first-order valence-electron chi connectivity index (χ1n) is 11.7. The maximum absolute atomic E-state index is 13.2. The molecule has 1 saturated carbocycles. The molecule has 0 bridgehead atoms. The van der Waals surface area contributed by atoms with Crippen LogP contribution in [0.5, 0.6) is 0 Å². The number of nitrogens with one attached hydrogen (secondary N) is 3. The highest BCUT2D eigenvalue weighted by Gasteiger charge is 2.34. The van der Waals surface area contributed by atoms with Gasteiger partial charge in [-0.1, -0.05) is 44.2 Å². The van der Waals surface area contributed by atoms with Crippen LogP contribution in [0.4, 0.5) is 4.79 Å². The van der Waals surface area contributed by atoms with E-state index >= 15 is 0 Å². The van der Waals surface area contributed by atoms with E-state index in [0.29, 0.717) is 26.1 Å². The average Bonchev–Trinajstić information content (AvgIpc) is 3.44. The van der Waals surface area contributed by atoms with Gasteiger partial charge < -0.3 is 30.5 Å². The number of carbonyl (C=O) groups excluding carboxylic acids is 3. The van der Waals surface area contributed by atoms with Crippen molar-refractivity contribution in [2.75, 3.05) is 13.2 Å². The minimum Gasteiger partial charge on any atom is -0.444 e. The van der Waals surface area contributed by atoms with E-state index in [0.717, 1.165) is 18.4 Å². The van der Waals surface area contributed by atoms with Crippen LogP contribution in [0.3, 0.4) is 0 Å². The van der Waals surface area contributed by atoms with Crippen molar-refractivity contribution in [2.45, 2.75) is 76.3 Å². The third-order valence-electron chi connectivity index (χ3n) is 5.68. The summed E-state index contributed by atoms with van der Waals surface area (Å²) < 4.78 is 10.6. The first-order valence-corrected chi connectivity index (χ1v) is 11.7. The average molecular weight is 462 g/mol. The maximum atomic E-state index is 13.2. The number of rotatable bonds is 11. The van der Waals surface area contributed by atoms with Crippen LogP contribution in [0.2, 0.25) is 0 Å². The molecular weight excluding hydrogens is 426 g/mol. The Labute approximate surface area is 194 Å². The minimum absolute atomic E-state index is 0.0879. The molecule has 0 aromatic heterocycles. The zero-order chi connectivity index (χ0) is 23.8. The summed E-state index contributed by atoms with van der Waals surface area (Å²) in [6.07, 6.45) is 0.622. The van der Waals surface area contributed by atoms with Gasteiger partial charge in [0.1, 0.15) is 12.1 Å². The fourth-order valence-corrected chi connectivity index (χ4v) is 3.73. The van der Waals surface area contributed by atoms with Gasteiger partial charge in [-0.3, -0.25) is 9.59 Å². The Morgan fingerprint density at radius 3 is 2.42 bits per heavy atom. The van der Waals surface area contributed by atoms with Gasteiger partial charge >= 0.3 is 6.09 Å². The molecule has 4 N–H and O–H groups in total. The Morgan fingerprint density at radius 1 is 1.09 bits per heavy atom. The molecule has 182 valence electrons. The lowest BCUT2D eigenvalue weighted by Gasteiger charge is -2.27. The number of ether oxygens (including phenoxy) is 2. The van der Waals surface area contributed by atoms with Crippen molar-refractivity contribution in [3.8, 4) is 0 Å². The SMILES string of the molecule is CC(C)C[C@H](NC(=O)O[C@H]1CCOC1)C(=O)N[C@@H](Cc1ccccc1)C(O)C(=O)NC1CC1. The third kappa shape index (κ3) is 8.33. The molecule has 1 aliphatic heterocycles. The Bertz CT molecular complexity index is 793. The molecule has 1 aliphatic carbocycles. The standard InChI is InChI=1S/C24H35N3O6/c1-15(2)12-20(27-24(31)33-18-10-11-32-14-18)22(29)26-19(13-16-6-4-3-5-7-16)21(28)23(30)25-17-8-9-17/h3-7,15,17-21,28H,8-14H2,1-2H3,(H,25,30)(H,26,29)(H,27,31)/t18-,19-,20-,21?/m0/s1. The van der Waals surface area contributed by atoms with Crippen molar-refractivity contribution in [3.63, 3.8) is 0 Å². The van der Waals surface area contributed by atoms with Gasteiger partial charge in [-0.15, -0.1) is 0 Å². The number of aliphatic hydroxyl groups is 1. The predicted octanol–water partition coefficient (Wildman–Crippen LogP) is 1.28. The largest absolute Gasteiger partial charge is 0.444 e. The molecule has 1 aromatic carbocycles. The summed E-state index contributed by atoms with van der Waals surface area (Å²) >= 11 is 0. The summed E-state index contributed by atoms with van der Waals surface area (Å²) in [7, 11) is 0. The Balaban J connectivity index is 1.67. The molecule has 2 fully saturated rings. The summed E-state index contributed by atoms with van der Waals surface area (Å²) in [4.78, 5) is 38.0. The maximum Gasteiger partial charge on any atom is 0.408 e. The highest BCUT2D eigenvalue weighted by molar-refractivity contribution is 5.87. The van der Waals surface area contributed by atoms with Crippen LogP contribution in [0, 0.1) is 5.92 Å². The molecule has 9 nitrogen and oxygen atoms in total. The van der Waals surface area contributed by atoms with Crippen molar-refractivity contribution in [2.24, 2.45) is 5.92 Å². The second kappa shape index (κ2) is 12.0. The fraction of sp³-hybridized carbons (Fsp3) is 0.625. The molecule has 9 heteroatoms. The van der Waals surface area contributed by atoms with Gasteiger partial charge in [-0.25, -0.2) is 4.79 Å². The van der Waals surface area contributed by atoms with Crippen LogP contribution >= 0.6 is 0 Å². The van der Waals surface area contributed by atoms with E-state index in [4.69, 9.17) is 9.47 Å². The van der Waals surface area contributed by atoms with Crippen LogP contribution in [0.25, 0.3) is 0 Å². The first-order chi connectivity index (χ1) is 15.8. The van der Waals surface area contributed by atoms with Crippen molar-refractivity contribution < 1.29 is 29.0 Å². The number of alkyl carbamates (subject to hydrolysis) is 1. The molecule has 3 amide bonds. The molecule has 0 radical (unpaired) electrons. The van der Waals surface area contributed by atoms with Gasteiger partial charge in [-0.2, -0.15) is 0 Å². The smallest absolute Gasteiger partial charge is 0.408 e. The first kappa shape index (κ1) is 25.0. The van der Waals surface area contributed by atoms with Crippen LogP contribution < -0.4 is 16.0 Å². The van der Waals surface area contributed by atoms with E-state index < -0.39 is 36.1 Å². The molecule has 1 heterocycles. The third-order valence-corrected chi connectivity index (χ3v) is 5.68. The van der Waals surface area contributed by atoms with Crippen LogP contribution in [0.15, 0.2) is 30.3 Å². The number of aliphatic hydroxyl groups excluding tert-OH is 1. The molecule has 2 aliphatic rings. The number of amides is 3. The summed E-state index contributed by atoms with van der Waals surface area (Å²) in [5.41, 5.74) is 0.870. The molecule has 1 saturated heterocycles. The number of carbonyl (C=O) groups is 3. The van der Waals surface area contributed by atoms with Gasteiger partial charge in [-0.05, 0) is 37.2 Å². The Hall–Kier alpha value is -2.65. The Kier molecular flexibility index (Phi) is 9.08. The number of hydrogen-bond acceptors (Lipinski definition) is 6. The monoisotopic (exact) mass is 461 g/mol. The van der Waals surface area contributed by atoms with Crippen LogP contribution in [-0.4, -0.2) is 66.6 Å². The van der Waals surface area contributed by atoms with Gasteiger partial charge in [0.2, 0.25) is 5.91 Å². The molecule has 1 unspecified atom stereocenters. The van der Waals surface area contributed by atoms with E-state index in [9.17, 15) is 19.5 Å². The molecule has 3 rings (SSSR count). The van der Waals surface area contributed by atoms with Crippen molar-refractivity contribution >= 4 is 17.9 Å². The zero-order valence-electron chi connectivity index (χ0n) is 19.3. The molecule has 33 heavy (non-hydrogen) atoms. The quantitative estimate of drug-likeness (QED) is 0.393. The zero-order valence-corrected chi connectivity index (χ0v) is 19.3. The summed E-state index contributed by atoms with van der Waals surface area (Å²) in [5, 5.41) is 19.0. The predicted molar refractivity (Wildman–Crippen MR) is 121 cm³/mol. The van der Waals surface area contributed by atoms with E-state index in [1.165, 1.54) is 0 Å². The second-order valence-corrected chi connectivity index (χ2v) is 9.25.